The molecule has 3 aromatic rings. The van der Waals surface area contributed by atoms with Crippen LogP contribution in [-0.4, -0.2) is 59.9 Å². The average molecular weight is 476 g/mol. The minimum Gasteiger partial charge on any atom is -0.480 e. The Bertz CT molecular complexity index is 1240. The van der Waals surface area contributed by atoms with Gasteiger partial charge in [0, 0.05) is 18.5 Å². The molecule has 2 aliphatic rings. The quantitative estimate of drug-likeness (QED) is 0.572. The number of nitrogens with zero attached hydrogens (tertiary/aromatic N) is 1. The second-order valence-electron chi connectivity index (χ2n) is 8.47. The molecule has 1 aliphatic heterocycles. The van der Waals surface area contributed by atoms with Crippen molar-refractivity contribution < 1.29 is 33.4 Å². The van der Waals surface area contributed by atoms with E-state index in [-0.39, 0.29) is 37.1 Å². The molecule has 180 valence electrons. The number of carboxylic acids is 1. The maximum atomic E-state index is 13.1. The SMILES string of the molecule is CC1OCCN(C(=O)c2occc2NC(=O)OCC2c3ccccc3-c3ccccc32)C1C(=O)O. The fraction of sp³-hybridized carbons (Fsp3) is 0.269. The molecule has 2 N–H and O–H groups in total. The van der Waals surface area contributed by atoms with Gasteiger partial charge in [0.25, 0.3) is 5.91 Å². The van der Waals surface area contributed by atoms with Crippen LogP contribution < -0.4 is 5.32 Å². The maximum absolute atomic E-state index is 13.1. The normalized spacial score (nSPS) is 19.1. The van der Waals surface area contributed by atoms with Gasteiger partial charge in [-0.1, -0.05) is 48.5 Å². The number of carboxylic acid groups (broad SMARTS) is 1. The number of ether oxygens (including phenoxy) is 2. The van der Waals surface area contributed by atoms with Gasteiger partial charge >= 0.3 is 12.1 Å². The van der Waals surface area contributed by atoms with E-state index in [2.05, 4.69) is 17.4 Å². The lowest BCUT2D eigenvalue weighted by Crippen LogP contribution is -2.56. The Kier molecular flexibility index (Phi) is 6.00. The topological polar surface area (TPSA) is 118 Å². The number of aliphatic carboxylic acids is 1. The Labute approximate surface area is 201 Å². The molecule has 2 atom stereocenters. The molecular weight excluding hydrogens is 452 g/mol. The van der Waals surface area contributed by atoms with Crippen molar-refractivity contribution in [2.24, 2.45) is 0 Å². The van der Waals surface area contributed by atoms with Crippen LogP contribution in [0.1, 0.15) is 34.5 Å². The molecule has 1 aliphatic carbocycles. The molecular formula is C26H24N2O7. The van der Waals surface area contributed by atoms with Crippen LogP contribution in [0.4, 0.5) is 10.5 Å². The Hall–Kier alpha value is -4.11. The number of carbonyl (C=O) groups excluding carboxylic acids is 2. The highest BCUT2D eigenvalue weighted by Gasteiger charge is 2.40. The lowest BCUT2D eigenvalue weighted by atomic mass is 9.98. The van der Waals surface area contributed by atoms with Crippen LogP contribution in [0.25, 0.3) is 11.1 Å². The molecule has 1 aromatic heterocycles. The summed E-state index contributed by atoms with van der Waals surface area (Å²) >= 11 is 0. The van der Waals surface area contributed by atoms with Gasteiger partial charge in [0.15, 0.2) is 6.04 Å². The summed E-state index contributed by atoms with van der Waals surface area (Å²) in [6.07, 6.45) is -0.169. The van der Waals surface area contributed by atoms with Crippen LogP contribution in [0.2, 0.25) is 0 Å². The van der Waals surface area contributed by atoms with E-state index in [0.717, 1.165) is 22.3 Å². The molecule has 9 heteroatoms. The summed E-state index contributed by atoms with van der Waals surface area (Å²) in [5.41, 5.74) is 4.51. The number of nitrogens with one attached hydrogen (secondary N) is 1. The molecule has 5 rings (SSSR count). The van der Waals surface area contributed by atoms with Crippen molar-refractivity contribution in [3.05, 3.63) is 77.7 Å². The number of anilines is 1. The van der Waals surface area contributed by atoms with Gasteiger partial charge in [-0.2, -0.15) is 0 Å². The maximum Gasteiger partial charge on any atom is 0.411 e. The molecule has 0 spiro atoms. The van der Waals surface area contributed by atoms with Gasteiger partial charge in [0.1, 0.15) is 6.61 Å². The molecule has 0 saturated carbocycles. The number of fused-ring (bicyclic) bond motifs is 3. The first kappa shape index (κ1) is 22.7. The Balaban J connectivity index is 1.28. The van der Waals surface area contributed by atoms with Crippen molar-refractivity contribution in [2.75, 3.05) is 25.1 Å². The standard InChI is InChI=1S/C26H24N2O7/c1-15-22(25(30)31)28(11-13-33-15)24(29)23-21(10-12-34-23)27-26(32)35-14-20-18-8-4-2-6-16(18)17-7-3-5-9-19(17)20/h2-10,12,15,20,22H,11,13-14H2,1H3,(H,27,32)(H,30,31). The Morgan fingerprint density at radius 2 is 1.71 bits per heavy atom. The third kappa shape index (κ3) is 4.15. The third-order valence-corrected chi connectivity index (χ3v) is 6.45. The van der Waals surface area contributed by atoms with Crippen LogP contribution in [0.15, 0.2) is 65.3 Å². The third-order valence-electron chi connectivity index (χ3n) is 6.45. The highest BCUT2D eigenvalue weighted by molar-refractivity contribution is 6.01. The number of morpholine rings is 1. The Morgan fingerprint density at radius 1 is 1.06 bits per heavy atom. The minimum absolute atomic E-state index is 0.0885. The first-order valence-electron chi connectivity index (χ1n) is 11.3. The monoisotopic (exact) mass is 476 g/mol. The lowest BCUT2D eigenvalue weighted by Gasteiger charge is -2.36. The van der Waals surface area contributed by atoms with E-state index >= 15 is 0 Å². The molecule has 0 radical (unpaired) electrons. The molecule has 0 bridgehead atoms. The number of carbonyl (C=O) groups is 3. The largest absolute Gasteiger partial charge is 0.480 e. The number of furan rings is 1. The van der Waals surface area contributed by atoms with E-state index in [0.29, 0.717) is 0 Å². The zero-order chi connectivity index (χ0) is 24.5. The highest BCUT2D eigenvalue weighted by Crippen LogP contribution is 2.44. The fourth-order valence-electron chi connectivity index (χ4n) is 4.83. The van der Waals surface area contributed by atoms with Gasteiger partial charge < -0.3 is 23.9 Å². The molecule has 1 fully saturated rings. The number of hydrogen-bond acceptors (Lipinski definition) is 6. The highest BCUT2D eigenvalue weighted by atomic mass is 16.5. The molecule has 2 heterocycles. The van der Waals surface area contributed by atoms with Crippen LogP contribution in [0, 0.1) is 0 Å². The summed E-state index contributed by atoms with van der Waals surface area (Å²) in [5, 5.41) is 12.1. The zero-order valence-electron chi connectivity index (χ0n) is 19.0. The summed E-state index contributed by atoms with van der Waals surface area (Å²) in [5.74, 6) is -2.10. The van der Waals surface area contributed by atoms with Crippen LogP contribution in [0.3, 0.4) is 0 Å². The smallest absolute Gasteiger partial charge is 0.411 e. The summed E-state index contributed by atoms with van der Waals surface area (Å²) in [7, 11) is 0. The predicted molar refractivity (Wildman–Crippen MR) is 125 cm³/mol. The van der Waals surface area contributed by atoms with Crippen LogP contribution in [-0.2, 0) is 14.3 Å². The minimum atomic E-state index is -1.18. The number of rotatable bonds is 5. The molecule has 2 unspecified atom stereocenters. The van der Waals surface area contributed by atoms with E-state index in [1.807, 2.05) is 36.4 Å². The van der Waals surface area contributed by atoms with Crippen molar-refractivity contribution in [1.82, 2.24) is 4.90 Å². The summed E-state index contributed by atoms with van der Waals surface area (Å²) < 4.78 is 16.2. The van der Waals surface area contributed by atoms with Crippen molar-refractivity contribution in [1.29, 1.82) is 0 Å². The predicted octanol–water partition coefficient (Wildman–Crippen LogP) is 3.95. The van der Waals surface area contributed by atoms with E-state index in [1.165, 1.54) is 17.2 Å². The lowest BCUT2D eigenvalue weighted by molar-refractivity contribution is -0.152. The van der Waals surface area contributed by atoms with Crippen LogP contribution in [0.5, 0.6) is 0 Å². The van der Waals surface area contributed by atoms with E-state index in [1.54, 1.807) is 6.92 Å². The van der Waals surface area contributed by atoms with Gasteiger partial charge in [0.05, 0.1) is 24.7 Å². The van der Waals surface area contributed by atoms with E-state index in [9.17, 15) is 19.5 Å². The van der Waals surface area contributed by atoms with Crippen molar-refractivity contribution in [2.45, 2.75) is 25.0 Å². The Morgan fingerprint density at radius 3 is 2.37 bits per heavy atom. The van der Waals surface area contributed by atoms with Crippen molar-refractivity contribution in [3.8, 4) is 11.1 Å². The fourth-order valence-corrected chi connectivity index (χ4v) is 4.83. The summed E-state index contributed by atoms with van der Waals surface area (Å²) in [6, 6.07) is 16.3. The number of benzene rings is 2. The van der Waals surface area contributed by atoms with Crippen LogP contribution >= 0.6 is 0 Å². The van der Waals surface area contributed by atoms with Gasteiger partial charge in [-0.3, -0.25) is 10.1 Å². The first-order chi connectivity index (χ1) is 17.0. The van der Waals surface area contributed by atoms with E-state index < -0.39 is 30.1 Å². The number of amides is 2. The van der Waals surface area contributed by atoms with Gasteiger partial charge in [-0.05, 0) is 29.2 Å². The molecule has 2 aromatic carbocycles. The van der Waals surface area contributed by atoms with Crippen molar-refractivity contribution in [3.63, 3.8) is 0 Å². The molecule has 2 amide bonds. The zero-order valence-corrected chi connectivity index (χ0v) is 19.0. The second kappa shape index (κ2) is 9.27. The second-order valence-corrected chi connectivity index (χ2v) is 8.47. The van der Waals surface area contributed by atoms with Gasteiger partial charge in [-0.25, -0.2) is 9.59 Å². The molecule has 35 heavy (non-hydrogen) atoms. The van der Waals surface area contributed by atoms with E-state index in [4.69, 9.17) is 13.9 Å². The number of hydrogen-bond donors (Lipinski definition) is 2. The molecule has 1 saturated heterocycles. The first-order valence-corrected chi connectivity index (χ1v) is 11.3. The average Bonchev–Trinajstić information content (AvgIpc) is 3.44. The summed E-state index contributed by atoms with van der Waals surface area (Å²) in [4.78, 5) is 38.6. The molecule has 9 nitrogen and oxygen atoms in total. The van der Waals surface area contributed by atoms with Gasteiger partial charge in [0.2, 0.25) is 5.76 Å². The van der Waals surface area contributed by atoms with Gasteiger partial charge in [-0.15, -0.1) is 0 Å². The van der Waals surface area contributed by atoms with Crippen molar-refractivity contribution >= 4 is 23.7 Å². The summed E-state index contributed by atoms with van der Waals surface area (Å²) in [6.45, 7) is 2.00.